The number of carbonyl (C=O) groups is 1. The summed E-state index contributed by atoms with van der Waals surface area (Å²) < 4.78 is 11.1. The third-order valence-electron chi connectivity index (χ3n) is 2.43. The number of nitrogen functional groups attached to an aromatic ring is 1. The number of anilines is 1. The Hall–Kier alpha value is -1.59. The van der Waals surface area contributed by atoms with Crippen LogP contribution in [0.5, 0.6) is 0 Å². The quantitative estimate of drug-likeness (QED) is 0.696. The molecule has 2 rings (SSSR count). The van der Waals surface area contributed by atoms with Crippen LogP contribution in [0.15, 0.2) is 39.2 Å². The van der Waals surface area contributed by atoms with E-state index in [0.717, 1.165) is 4.47 Å². The zero-order chi connectivity index (χ0) is 13.1. The Bertz CT molecular complexity index is 577. The molecule has 0 aliphatic carbocycles. The van der Waals surface area contributed by atoms with Crippen molar-refractivity contribution >= 4 is 27.4 Å². The highest BCUT2D eigenvalue weighted by Gasteiger charge is 2.16. The van der Waals surface area contributed by atoms with Gasteiger partial charge in [0.15, 0.2) is 5.76 Å². The Labute approximate surface area is 113 Å². The van der Waals surface area contributed by atoms with Crippen molar-refractivity contribution in [2.75, 3.05) is 12.8 Å². The molecule has 1 heterocycles. The molecule has 0 saturated carbocycles. The summed E-state index contributed by atoms with van der Waals surface area (Å²) in [7, 11) is 1.57. The first-order valence-electron chi connectivity index (χ1n) is 5.29. The minimum absolute atomic E-state index is 0.234. The van der Waals surface area contributed by atoms with E-state index < -0.39 is 0 Å². The zero-order valence-electron chi connectivity index (χ0n) is 9.77. The van der Waals surface area contributed by atoms with E-state index in [1.165, 1.54) is 0 Å². The predicted molar refractivity (Wildman–Crippen MR) is 71.4 cm³/mol. The number of methoxy groups -OCH3 is 1. The van der Waals surface area contributed by atoms with Gasteiger partial charge in [-0.25, -0.2) is 0 Å². The lowest BCUT2D eigenvalue weighted by atomic mass is 10.1. The van der Waals surface area contributed by atoms with Gasteiger partial charge in [-0.3, -0.25) is 4.79 Å². The Morgan fingerprint density at radius 1 is 1.39 bits per heavy atom. The van der Waals surface area contributed by atoms with Gasteiger partial charge in [-0.2, -0.15) is 0 Å². The minimum Gasteiger partial charge on any atom is -0.455 e. The number of furan rings is 1. The number of rotatable bonds is 4. The van der Waals surface area contributed by atoms with Gasteiger partial charge in [0.1, 0.15) is 12.4 Å². The van der Waals surface area contributed by atoms with Gasteiger partial charge in [-0.15, -0.1) is 0 Å². The van der Waals surface area contributed by atoms with Crippen LogP contribution in [-0.4, -0.2) is 12.9 Å². The van der Waals surface area contributed by atoms with Gasteiger partial charge >= 0.3 is 0 Å². The fourth-order valence-corrected chi connectivity index (χ4v) is 1.97. The molecule has 1 aromatic carbocycles. The van der Waals surface area contributed by atoms with Gasteiger partial charge in [0, 0.05) is 22.8 Å². The number of carbonyl (C=O) groups excluding carboxylic acids is 1. The van der Waals surface area contributed by atoms with Crippen molar-refractivity contribution in [3.05, 3.63) is 51.9 Å². The van der Waals surface area contributed by atoms with E-state index in [4.69, 9.17) is 14.9 Å². The van der Waals surface area contributed by atoms with Gasteiger partial charge in [0.2, 0.25) is 5.78 Å². The Morgan fingerprint density at radius 3 is 2.83 bits per heavy atom. The summed E-state index contributed by atoms with van der Waals surface area (Å²) in [6.07, 6.45) is 0. The molecule has 0 aliphatic heterocycles. The average molecular weight is 310 g/mol. The highest BCUT2D eigenvalue weighted by molar-refractivity contribution is 9.10. The van der Waals surface area contributed by atoms with Crippen LogP contribution in [0.25, 0.3) is 0 Å². The van der Waals surface area contributed by atoms with Gasteiger partial charge in [0.05, 0.1) is 0 Å². The fraction of sp³-hybridized carbons (Fsp3) is 0.154. The number of ether oxygens (including phenoxy) is 1. The molecular weight excluding hydrogens is 298 g/mol. The highest BCUT2D eigenvalue weighted by Crippen LogP contribution is 2.22. The van der Waals surface area contributed by atoms with E-state index in [-0.39, 0.29) is 11.5 Å². The molecule has 4 nitrogen and oxygen atoms in total. The molecule has 0 radical (unpaired) electrons. The summed E-state index contributed by atoms with van der Waals surface area (Å²) in [5.41, 5.74) is 6.65. The number of hydrogen-bond acceptors (Lipinski definition) is 4. The van der Waals surface area contributed by atoms with Crippen molar-refractivity contribution in [3.8, 4) is 0 Å². The first-order chi connectivity index (χ1) is 8.61. The van der Waals surface area contributed by atoms with Gasteiger partial charge in [-0.1, -0.05) is 15.9 Å². The summed E-state index contributed by atoms with van der Waals surface area (Å²) >= 11 is 3.30. The fourth-order valence-electron chi connectivity index (χ4n) is 1.59. The Kier molecular flexibility index (Phi) is 3.84. The van der Waals surface area contributed by atoms with Gasteiger partial charge in [-0.05, 0) is 30.3 Å². The second-order valence-corrected chi connectivity index (χ2v) is 4.68. The normalized spacial score (nSPS) is 10.6. The summed E-state index contributed by atoms with van der Waals surface area (Å²) in [5, 5.41) is 0. The maximum absolute atomic E-state index is 12.2. The monoisotopic (exact) mass is 309 g/mol. The lowest BCUT2D eigenvalue weighted by Gasteiger charge is -2.03. The molecule has 0 atom stereocenters. The van der Waals surface area contributed by atoms with E-state index in [9.17, 15) is 4.79 Å². The topological polar surface area (TPSA) is 65.5 Å². The van der Waals surface area contributed by atoms with Crippen LogP contribution in [-0.2, 0) is 11.3 Å². The molecule has 1 aromatic heterocycles. The molecule has 94 valence electrons. The largest absolute Gasteiger partial charge is 0.455 e. The molecule has 0 bridgehead atoms. The SMILES string of the molecule is COCc1ccc(C(=O)c2ccc(Br)cc2N)o1. The van der Waals surface area contributed by atoms with Crippen molar-refractivity contribution in [3.63, 3.8) is 0 Å². The number of nitrogens with two attached hydrogens (primary N) is 1. The molecule has 18 heavy (non-hydrogen) atoms. The summed E-state index contributed by atoms with van der Waals surface area (Å²) in [6.45, 7) is 0.336. The van der Waals surface area contributed by atoms with E-state index in [1.807, 2.05) is 0 Å². The van der Waals surface area contributed by atoms with Crippen molar-refractivity contribution in [2.45, 2.75) is 6.61 Å². The van der Waals surface area contributed by atoms with E-state index >= 15 is 0 Å². The standard InChI is InChI=1S/C13H12BrNO3/c1-17-7-9-3-5-12(18-9)13(16)10-4-2-8(14)6-11(10)15/h2-6H,7,15H2,1H3. The average Bonchev–Trinajstić information content (AvgIpc) is 2.77. The van der Waals surface area contributed by atoms with Crippen LogP contribution in [0.1, 0.15) is 21.9 Å². The van der Waals surface area contributed by atoms with E-state index in [0.29, 0.717) is 23.6 Å². The maximum Gasteiger partial charge on any atom is 0.230 e. The van der Waals surface area contributed by atoms with Crippen LogP contribution in [0.3, 0.4) is 0 Å². The lowest BCUT2D eigenvalue weighted by molar-refractivity contribution is 0.100. The van der Waals surface area contributed by atoms with Crippen molar-refractivity contribution < 1.29 is 13.9 Å². The summed E-state index contributed by atoms with van der Waals surface area (Å²) in [4.78, 5) is 12.2. The van der Waals surface area contributed by atoms with Crippen LogP contribution in [0.4, 0.5) is 5.69 Å². The number of ketones is 1. The predicted octanol–water partition coefficient (Wildman–Crippen LogP) is 3.00. The molecule has 2 aromatic rings. The first-order valence-corrected chi connectivity index (χ1v) is 6.08. The van der Waals surface area contributed by atoms with E-state index in [2.05, 4.69) is 15.9 Å². The van der Waals surface area contributed by atoms with Crippen LogP contribution < -0.4 is 5.73 Å². The Morgan fingerprint density at radius 2 is 2.17 bits per heavy atom. The van der Waals surface area contributed by atoms with Crippen LogP contribution >= 0.6 is 15.9 Å². The van der Waals surface area contributed by atoms with Crippen molar-refractivity contribution in [1.29, 1.82) is 0 Å². The Balaban J connectivity index is 2.29. The van der Waals surface area contributed by atoms with Gasteiger partial charge in [0.25, 0.3) is 0 Å². The molecule has 2 N–H and O–H groups in total. The smallest absolute Gasteiger partial charge is 0.230 e. The first kappa shape index (κ1) is 12.9. The molecule has 0 fully saturated rings. The second-order valence-electron chi connectivity index (χ2n) is 3.76. The summed E-state index contributed by atoms with van der Waals surface area (Å²) in [6, 6.07) is 8.46. The minimum atomic E-state index is -0.234. The number of halogens is 1. The number of hydrogen-bond donors (Lipinski definition) is 1. The molecule has 0 saturated heterocycles. The zero-order valence-corrected chi connectivity index (χ0v) is 11.4. The van der Waals surface area contributed by atoms with Crippen molar-refractivity contribution in [2.24, 2.45) is 0 Å². The van der Waals surface area contributed by atoms with Crippen molar-refractivity contribution in [1.82, 2.24) is 0 Å². The van der Waals surface area contributed by atoms with Crippen LogP contribution in [0, 0.1) is 0 Å². The second kappa shape index (κ2) is 5.37. The third kappa shape index (κ3) is 2.63. The maximum atomic E-state index is 12.2. The number of benzene rings is 1. The lowest BCUT2D eigenvalue weighted by Crippen LogP contribution is -2.04. The molecule has 0 spiro atoms. The summed E-state index contributed by atoms with van der Waals surface area (Å²) in [5.74, 6) is 0.634. The van der Waals surface area contributed by atoms with E-state index in [1.54, 1.807) is 37.4 Å². The molecule has 0 aliphatic rings. The molecule has 0 amide bonds. The van der Waals surface area contributed by atoms with Gasteiger partial charge < -0.3 is 14.9 Å². The van der Waals surface area contributed by atoms with Crippen LogP contribution in [0.2, 0.25) is 0 Å². The third-order valence-corrected chi connectivity index (χ3v) is 2.92. The molecule has 5 heteroatoms. The molecule has 0 unspecified atom stereocenters. The molecular formula is C13H12BrNO3. The highest BCUT2D eigenvalue weighted by atomic mass is 79.9.